The van der Waals surface area contributed by atoms with Gasteiger partial charge < -0.3 is 4.74 Å². The van der Waals surface area contributed by atoms with Gasteiger partial charge in [0.15, 0.2) is 5.78 Å². The second-order valence-corrected chi connectivity index (χ2v) is 5.92. The van der Waals surface area contributed by atoms with Crippen molar-refractivity contribution in [1.29, 1.82) is 0 Å². The van der Waals surface area contributed by atoms with Gasteiger partial charge in [-0.3, -0.25) is 4.79 Å². The van der Waals surface area contributed by atoms with Crippen molar-refractivity contribution < 1.29 is 9.53 Å². The van der Waals surface area contributed by atoms with Crippen LogP contribution in [-0.2, 0) is 9.53 Å². The van der Waals surface area contributed by atoms with Crippen LogP contribution in [0.2, 0.25) is 0 Å². The lowest BCUT2D eigenvalue weighted by atomic mass is 9.80. The lowest BCUT2D eigenvalue weighted by Crippen LogP contribution is -2.30. The quantitative estimate of drug-likeness (QED) is 0.637. The summed E-state index contributed by atoms with van der Waals surface area (Å²) in [4.78, 5) is 12.0. The van der Waals surface area contributed by atoms with Crippen molar-refractivity contribution in [2.75, 3.05) is 0 Å². The van der Waals surface area contributed by atoms with Crippen LogP contribution in [0.5, 0.6) is 0 Å². The van der Waals surface area contributed by atoms with E-state index in [1.807, 2.05) is 0 Å². The molecule has 0 aromatic heterocycles. The molecule has 3 rings (SSSR count). The van der Waals surface area contributed by atoms with Crippen LogP contribution in [0.1, 0.15) is 12.8 Å². The van der Waals surface area contributed by atoms with E-state index in [0.717, 1.165) is 17.3 Å². The molecule has 2 aliphatic heterocycles. The maximum atomic E-state index is 12.0. The third kappa shape index (κ3) is 1.34. The van der Waals surface area contributed by atoms with Gasteiger partial charge in [0, 0.05) is 10.4 Å². The van der Waals surface area contributed by atoms with Crippen molar-refractivity contribution in [3.05, 3.63) is 21.1 Å². The van der Waals surface area contributed by atoms with Gasteiger partial charge in [0.05, 0.1) is 10.6 Å². The Balaban J connectivity index is 2.05. The smallest absolute Gasteiger partial charge is 0.199 e. The van der Waals surface area contributed by atoms with E-state index in [2.05, 4.69) is 44.0 Å². The number of hydrogen-bond acceptors (Lipinski definition) is 2. The van der Waals surface area contributed by atoms with Crippen LogP contribution in [-0.4, -0.2) is 18.0 Å². The molecule has 80 valence electrons. The summed E-state index contributed by atoms with van der Waals surface area (Å²) in [6.45, 7) is 0. The summed E-state index contributed by atoms with van der Waals surface area (Å²) in [6.07, 6.45) is 6.22. The van der Waals surface area contributed by atoms with E-state index in [1.54, 1.807) is 0 Å². The molecule has 0 spiro atoms. The highest BCUT2D eigenvalue weighted by atomic mass is 79.9. The average Bonchev–Trinajstić information content (AvgIpc) is 2.62. The maximum Gasteiger partial charge on any atom is 0.199 e. The Hall–Kier alpha value is 0.0700. The minimum absolute atomic E-state index is 0.0806. The zero-order valence-electron chi connectivity index (χ0n) is 7.95. The molecule has 1 fully saturated rings. The van der Waals surface area contributed by atoms with E-state index >= 15 is 0 Å². The summed E-state index contributed by atoms with van der Waals surface area (Å²) in [5, 5.41) is 0. The predicted octanol–water partition coefficient (Wildman–Crippen LogP) is 2.92. The Labute approximate surface area is 105 Å². The number of ether oxygens (including phenoxy) is 1. The molecule has 2 heterocycles. The molecule has 0 N–H and O–H groups in total. The van der Waals surface area contributed by atoms with E-state index in [0.29, 0.717) is 16.3 Å². The standard InChI is InChI=1S/C11H10Br2O2/c12-7-8(13)10-5-3-1-2-4-6(5)11(15-10)9(7)14/h1-2,5-6,10-11H,3-4H2/t5-,6+,10-,11+/m0/s1. The molecule has 0 aromatic rings. The maximum absolute atomic E-state index is 12.0. The van der Waals surface area contributed by atoms with E-state index in [9.17, 15) is 4.79 Å². The van der Waals surface area contributed by atoms with Crippen molar-refractivity contribution in [3.8, 4) is 0 Å². The van der Waals surface area contributed by atoms with Gasteiger partial charge in [-0.15, -0.1) is 0 Å². The van der Waals surface area contributed by atoms with Gasteiger partial charge in [-0.1, -0.05) is 28.1 Å². The minimum Gasteiger partial charge on any atom is -0.361 e. The lowest BCUT2D eigenvalue weighted by molar-refractivity contribution is -0.127. The molecule has 1 saturated heterocycles. The van der Waals surface area contributed by atoms with Crippen LogP contribution >= 0.6 is 31.9 Å². The molecular weight excluding hydrogens is 324 g/mol. The number of halogens is 2. The lowest BCUT2D eigenvalue weighted by Gasteiger charge is -2.22. The average molecular weight is 334 g/mol. The number of ketones is 1. The van der Waals surface area contributed by atoms with Crippen LogP contribution in [0.15, 0.2) is 21.1 Å². The van der Waals surface area contributed by atoms with Crippen molar-refractivity contribution in [2.24, 2.45) is 11.8 Å². The molecule has 0 aromatic carbocycles. The topological polar surface area (TPSA) is 26.3 Å². The first-order valence-electron chi connectivity index (χ1n) is 5.10. The number of carbonyl (C=O) groups is 1. The molecular formula is C11H10Br2O2. The summed E-state index contributed by atoms with van der Waals surface area (Å²) in [5.41, 5.74) is 0. The van der Waals surface area contributed by atoms with Crippen molar-refractivity contribution >= 4 is 37.6 Å². The first-order chi connectivity index (χ1) is 7.20. The molecule has 0 unspecified atom stereocenters. The van der Waals surface area contributed by atoms with Gasteiger partial charge in [-0.05, 0) is 34.7 Å². The second-order valence-electron chi connectivity index (χ2n) is 4.27. The third-order valence-corrected chi connectivity index (χ3v) is 5.74. The molecule has 2 nitrogen and oxygen atoms in total. The number of allylic oxidation sites excluding steroid dienone is 2. The van der Waals surface area contributed by atoms with E-state index in [-0.39, 0.29) is 18.0 Å². The minimum atomic E-state index is -0.222. The largest absolute Gasteiger partial charge is 0.361 e. The molecule has 4 heteroatoms. The molecule has 0 saturated carbocycles. The van der Waals surface area contributed by atoms with Gasteiger partial charge in [-0.25, -0.2) is 0 Å². The normalized spacial score (nSPS) is 43.5. The molecule has 3 aliphatic rings. The number of Topliss-reactive ketones (excluding diaryl/α,β-unsaturated/α-hetero) is 1. The predicted molar refractivity (Wildman–Crippen MR) is 63.9 cm³/mol. The van der Waals surface area contributed by atoms with Crippen molar-refractivity contribution in [2.45, 2.75) is 25.0 Å². The van der Waals surface area contributed by atoms with Gasteiger partial charge in [-0.2, -0.15) is 0 Å². The first kappa shape index (κ1) is 10.2. The van der Waals surface area contributed by atoms with Gasteiger partial charge in [0.1, 0.15) is 6.10 Å². The SMILES string of the molecule is O=C1C(Br)=C(Br)[C@H]2O[C@@H]1[C@@H]1CC=CC[C@@H]12. The van der Waals surface area contributed by atoms with Crippen molar-refractivity contribution in [3.63, 3.8) is 0 Å². The first-order valence-corrected chi connectivity index (χ1v) is 6.68. The third-order valence-electron chi connectivity index (χ3n) is 3.54. The molecule has 0 radical (unpaired) electrons. The van der Waals surface area contributed by atoms with Crippen LogP contribution in [0.25, 0.3) is 0 Å². The monoisotopic (exact) mass is 332 g/mol. The number of carbonyl (C=O) groups excluding carboxylic acids is 1. The molecule has 15 heavy (non-hydrogen) atoms. The zero-order valence-corrected chi connectivity index (χ0v) is 11.1. The fourth-order valence-corrected chi connectivity index (χ4v) is 3.88. The number of hydrogen-bond donors (Lipinski definition) is 0. The summed E-state index contributed by atoms with van der Waals surface area (Å²) in [5.74, 6) is 0.935. The van der Waals surface area contributed by atoms with Gasteiger partial charge >= 0.3 is 0 Å². The Morgan fingerprint density at radius 2 is 1.73 bits per heavy atom. The fourth-order valence-electron chi connectivity index (χ4n) is 2.78. The van der Waals surface area contributed by atoms with Crippen LogP contribution in [0.4, 0.5) is 0 Å². The molecule has 2 bridgehead atoms. The van der Waals surface area contributed by atoms with E-state index < -0.39 is 0 Å². The zero-order chi connectivity index (χ0) is 10.6. The Morgan fingerprint density at radius 1 is 1.13 bits per heavy atom. The summed E-state index contributed by atoms with van der Waals surface area (Å²) in [7, 11) is 0. The van der Waals surface area contributed by atoms with Crippen molar-refractivity contribution in [1.82, 2.24) is 0 Å². The van der Waals surface area contributed by atoms with Crippen LogP contribution in [0, 0.1) is 11.8 Å². The van der Waals surface area contributed by atoms with Crippen LogP contribution in [0.3, 0.4) is 0 Å². The Bertz CT molecular complexity index is 386. The molecule has 4 atom stereocenters. The molecule has 1 aliphatic carbocycles. The number of rotatable bonds is 0. The highest BCUT2D eigenvalue weighted by molar-refractivity contribution is 9.14. The van der Waals surface area contributed by atoms with Crippen LogP contribution < -0.4 is 0 Å². The van der Waals surface area contributed by atoms with Gasteiger partial charge in [0.25, 0.3) is 0 Å². The fraction of sp³-hybridized carbons (Fsp3) is 0.545. The highest BCUT2D eigenvalue weighted by Gasteiger charge is 2.52. The Morgan fingerprint density at radius 3 is 2.40 bits per heavy atom. The molecule has 0 amide bonds. The van der Waals surface area contributed by atoms with Gasteiger partial charge in [0.2, 0.25) is 0 Å². The summed E-state index contributed by atoms with van der Waals surface area (Å²) < 4.78 is 7.39. The number of fused-ring (bicyclic) bond motifs is 5. The van der Waals surface area contributed by atoms with E-state index in [4.69, 9.17) is 4.74 Å². The summed E-state index contributed by atoms with van der Waals surface area (Å²) >= 11 is 6.83. The Kier molecular flexibility index (Phi) is 2.41. The second kappa shape index (κ2) is 3.54. The van der Waals surface area contributed by atoms with E-state index in [1.165, 1.54) is 0 Å². The highest BCUT2D eigenvalue weighted by Crippen LogP contribution is 2.49. The summed E-state index contributed by atoms with van der Waals surface area (Å²) in [6, 6.07) is 0.